The number of thiazole rings is 1. The van der Waals surface area contributed by atoms with E-state index in [4.69, 9.17) is 0 Å². The lowest BCUT2D eigenvalue weighted by atomic mass is 9.82. The van der Waals surface area contributed by atoms with Crippen molar-refractivity contribution in [3.05, 3.63) is 16.6 Å². The first-order chi connectivity index (χ1) is 8.20. The Labute approximate surface area is 109 Å². The largest absolute Gasteiger partial charge is 0.316 e. The summed E-state index contributed by atoms with van der Waals surface area (Å²) >= 11 is 1.81. The molecule has 1 aromatic heterocycles. The van der Waals surface area contributed by atoms with Gasteiger partial charge in [0.25, 0.3) is 0 Å². The molecule has 1 fully saturated rings. The molecule has 3 heteroatoms. The summed E-state index contributed by atoms with van der Waals surface area (Å²) in [6.07, 6.45) is 8.85. The van der Waals surface area contributed by atoms with Gasteiger partial charge in [-0.25, -0.2) is 0 Å². The second kappa shape index (κ2) is 5.96. The van der Waals surface area contributed by atoms with Crippen LogP contribution in [0, 0.1) is 11.3 Å². The van der Waals surface area contributed by atoms with Crippen molar-refractivity contribution in [2.24, 2.45) is 11.3 Å². The van der Waals surface area contributed by atoms with Gasteiger partial charge in [-0.1, -0.05) is 26.7 Å². The molecular weight excluding hydrogens is 228 g/mol. The van der Waals surface area contributed by atoms with Crippen LogP contribution in [0.5, 0.6) is 0 Å². The zero-order chi connectivity index (χ0) is 12.1. The van der Waals surface area contributed by atoms with E-state index in [2.05, 4.69) is 24.1 Å². The van der Waals surface area contributed by atoms with Gasteiger partial charge in [0.2, 0.25) is 0 Å². The molecule has 0 aromatic carbocycles. The molecule has 0 unspecified atom stereocenters. The molecule has 1 N–H and O–H groups in total. The summed E-state index contributed by atoms with van der Waals surface area (Å²) in [4.78, 5) is 5.66. The first-order valence-corrected chi connectivity index (χ1v) is 7.66. The molecule has 0 atom stereocenters. The molecule has 1 heterocycles. The number of aromatic nitrogens is 1. The van der Waals surface area contributed by atoms with Gasteiger partial charge in [0.05, 0.1) is 5.51 Å². The fourth-order valence-electron chi connectivity index (χ4n) is 2.87. The summed E-state index contributed by atoms with van der Waals surface area (Å²) in [7, 11) is 0. The number of nitrogens with zero attached hydrogens (tertiary/aromatic N) is 1. The summed E-state index contributed by atoms with van der Waals surface area (Å²) in [5.74, 6) is 0.747. The SMILES string of the molecule is CC(C)CNCC1(Cc2cncs2)CCCC1. The van der Waals surface area contributed by atoms with E-state index in [0.29, 0.717) is 5.41 Å². The van der Waals surface area contributed by atoms with Crippen LogP contribution in [0.4, 0.5) is 0 Å². The van der Waals surface area contributed by atoms with Crippen molar-refractivity contribution in [2.45, 2.75) is 46.0 Å². The zero-order valence-corrected chi connectivity index (χ0v) is 11.9. The van der Waals surface area contributed by atoms with Crippen molar-refractivity contribution < 1.29 is 0 Å². The first kappa shape index (κ1) is 13.0. The highest BCUT2D eigenvalue weighted by molar-refractivity contribution is 7.09. The van der Waals surface area contributed by atoms with E-state index in [9.17, 15) is 0 Å². The Hall–Kier alpha value is -0.410. The van der Waals surface area contributed by atoms with Crippen LogP contribution in [0.15, 0.2) is 11.7 Å². The van der Waals surface area contributed by atoms with Gasteiger partial charge in [0.1, 0.15) is 0 Å². The molecule has 2 nitrogen and oxygen atoms in total. The molecule has 0 aliphatic heterocycles. The van der Waals surface area contributed by atoms with Crippen molar-refractivity contribution in [1.29, 1.82) is 0 Å². The van der Waals surface area contributed by atoms with Crippen molar-refractivity contribution >= 4 is 11.3 Å². The van der Waals surface area contributed by atoms with E-state index < -0.39 is 0 Å². The minimum atomic E-state index is 0.515. The van der Waals surface area contributed by atoms with Crippen LogP contribution in [0.3, 0.4) is 0 Å². The number of hydrogen-bond acceptors (Lipinski definition) is 3. The average molecular weight is 252 g/mol. The quantitative estimate of drug-likeness (QED) is 0.838. The van der Waals surface area contributed by atoms with E-state index in [-0.39, 0.29) is 0 Å². The third kappa shape index (κ3) is 3.78. The van der Waals surface area contributed by atoms with Gasteiger partial charge in [0.15, 0.2) is 0 Å². The fraction of sp³-hybridized carbons (Fsp3) is 0.786. The molecule has 1 saturated carbocycles. The van der Waals surface area contributed by atoms with Gasteiger partial charge in [-0.05, 0) is 37.1 Å². The molecule has 96 valence electrons. The molecular formula is C14H24N2S. The van der Waals surface area contributed by atoms with Crippen LogP contribution < -0.4 is 5.32 Å². The standard InChI is InChI=1S/C14H24N2S/c1-12(2)8-15-10-14(5-3-4-6-14)7-13-9-16-11-17-13/h9,11-12,15H,3-8,10H2,1-2H3. The number of nitrogens with one attached hydrogen (secondary N) is 1. The number of hydrogen-bond donors (Lipinski definition) is 1. The van der Waals surface area contributed by atoms with Crippen molar-refractivity contribution in [3.63, 3.8) is 0 Å². The topological polar surface area (TPSA) is 24.9 Å². The molecule has 1 aliphatic carbocycles. The third-order valence-electron chi connectivity index (χ3n) is 3.75. The van der Waals surface area contributed by atoms with E-state index in [1.54, 1.807) is 0 Å². The van der Waals surface area contributed by atoms with Crippen molar-refractivity contribution in [1.82, 2.24) is 10.3 Å². The Balaban J connectivity index is 1.90. The molecule has 17 heavy (non-hydrogen) atoms. The third-order valence-corrected chi connectivity index (χ3v) is 4.53. The Kier molecular flexibility index (Phi) is 4.57. The van der Waals surface area contributed by atoms with Crippen LogP contribution in [0.2, 0.25) is 0 Å². The maximum absolute atomic E-state index is 4.20. The van der Waals surface area contributed by atoms with Gasteiger partial charge in [-0.3, -0.25) is 4.98 Å². The predicted molar refractivity (Wildman–Crippen MR) is 74.4 cm³/mol. The lowest BCUT2D eigenvalue weighted by molar-refractivity contribution is 0.275. The van der Waals surface area contributed by atoms with Gasteiger partial charge in [-0.2, -0.15) is 0 Å². The first-order valence-electron chi connectivity index (χ1n) is 6.78. The Morgan fingerprint density at radius 3 is 2.76 bits per heavy atom. The van der Waals surface area contributed by atoms with Crippen LogP contribution in [0.25, 0.3) is 0 Å². The normalized spacial score (nSPS) is 19.0. The van der Waals surface area contributed by atoms with Gasteiger partial charge < -0.3 is 5.32 Å². The molecule has 0 saturated heterocycles. The highest BCUT2D eigenvalue weighted by Gasteiger charge is 2.33. The van der Waals surface area contributed by atoms with E-state index >= 15 is 0 Å². The van der Waals surface area contributed by atoms with Crippen LogP contribution in [-0.4, -0.2) is 18.1 Å². The molecule has 1 aromatic rings. The second-order valence-corrected chi connectivity index (χ2v) is 6.85. The maximum Gasteiger partial charge on any atom is 0.0794 e. The minimum absolute atomic E-state index is 0.515. The summed E-state index contributed by atoms with van der Waals surface area (Å²) in [5.41, 5.74) is 2.47. The van der Waals surface area contributed by atoms with Gasteiger partial charge in [0, 0.05) is 17.6 Å². The monoisotopic (exact) mass is 252 g/mol. The summed E-state index contributed by atoms with van der Waals surface area (Å²) in [6.45, 7) is 6.88. The fourth-order valence-corrected chi connectivity index (χ4v) is 3.63. The maximum atomic E-state index is 4.20. The van der Waals surface area contributed by atoms with E-state index in [1.165, 1.54) is 43.5 Å². The lowest BCUT2D eigenvalue weighted by Gasteiger charge is -2.29. The number of rotatable bonds is 6. The average Bonchev–Trinajstić information content (AvgIpc) is 2.90. The van der Waals surface area contributed by atoms with Gasteiger partial charge in [-0.15, -0.1) is 11.3 Å². The van der Waals surface area contributed by atoms with E-state index in [0.717, 1.165) is 12.5 Å². The molecule has 0 bridgehead atoms. The Bertz CT molecular complexity index is 313. The van der Waals surface area contributed by atoms with Crippen molar-refractivity contribution in [3.8, 4) is 0 Å². The molecule has 1 aliphatic rings. The second-order valence-electron chi connectivity index (χ2n) is 5.88. The summed E-state index contributed by atoms with van der Waals surface area (Å²) in [5, 5.41) is 3.66. The van der Waals surface area contributed by atoms with Gasteiger partial charge >= 0.3 is 0 Å². The van der Waals surface area contributed by atoms with Crippen molar-refractivity contribution in [2.75, 3.05) is 13.1 Å². The Morgan fingerprint density at radius 1 is 1.41 bits per heavy atom. The molecule has 2 rings (SSSR count). The Morgan fingerprint density at radius 2 is 2.18 bits per heavy atom. The minimum Gasteiger partial charge on any atom is -0.316 e. The smallest absolute Gasteiger partial charge is 0.0794 e. The molecule has 0 amide bonds. The summed E-state index contributed by atoms with van der Waals surface area (Å²) < 4.78 is 0. The van der Waals surface area contributed by atoms with E-state index in [1.807, 2.05) is 23.0 Å². The molecule has 0 spiro atoms. The molecule has 0 radical (unpaired) electrons. The van der Waals surface area contributed by atoms with Crippen LogP contribution in [-0.2, 0) is 6.42 Å². The highest BCUT2D eigenvalue weighted by atomic mass is 32.1. The lowest BCUT2D eigenvalue weighted by Crippen LogP contribution is -2.35. The van der Waals surface area contributed by atoms with Crippen LogP contribution >= 0.6 is 11.3 Å². The summed E-state index contributed by atoms with van der Waals surface area (Å²) in [6, 6.07) is 0. The highest BCUT2D eigenvalue weighted by Crippen LogP contribution is 2.41. The predicted octanol–water partition coefficient (Wildman–Crippen LogP) is 3.49. The zero-order valence-electron chi connectivity index (χ0n) is 11.0. The van der Waals surface area contributed by atoms with Crippen LogP contribution in [0.1, 0.15) is 44.4 Å².